The van der Waals surface area contributed by atoms with Crippen LogP contribution >= 0.6 is 0 Å². The van der Waals surface area contributed by atoms with E-state index >= 15 is 0 Å². The Morgan fingerprint density at radius 2 is 2.04 bits per heavy atom. The molecular formula is C19H24F2N4O2S. The van der Waals surface area contributed by atoms with Crippen LogP contribution in [0.25, 0.3) is 11.3 Å². The SMILES string of the molecule is CS(=O)(=O)N1CC[C@H]2CN(Cc3cn[nH]c3-c3ccc(F)cc3)C[C@@]2(CF)C1. The first kappa shape index (κ1) is 19.5. The summed E-state index contributed by atoms with van der Waals surface area (Å²) in [6.45, 7) is 1.98. The third kappa shape index (κ3) is 3.58. The molecule has 1 N–H and O–H groups in total. The fourth-order valence-corrected chi connectivity index (χ4v) is 5.52. The third-order valence-electron chi connectivity index (χ3n) is 6.08. The molecule has 2 aromatic rings. The number of benzene rings is 1. The van der Waals surface area contributed by atoms with Gasteiger partial charge in [-0.3, -0.25) is 14.4 Å². The summed E-state index contributed by atoms with van der Waals surface area (Å²) < 4.78 is 52.6. The van der Waals surface area contributed by atoms with Crippen molar-refractivity contribution in [3.63, 3.8) is 0 Å². The average Bonchev–Trinajstić information content (AvgIpc) is 3.25. The van der Waals surface area contributed by atoms with Crippen LogP contribution in [-0.2, 0) is 16.6 Å². The highest BCUT2D eigenvalue weighted by Crippen LogP contribution is 2.43. The molecule has 28 heavy (non-hydrogen) atoms. The molecule has 2 aliphatic heterocycles. The first-order valence-corrected chi connectivity index (χ1v) is 11.2. The lowest BCUT2D eigenvalue weighted by atomic mass is 9.75. The Morgan fingerprint density at radius 3 is 2.71 bits per heavy atom. The number of aromatic nitrogens is 2. The van der Waals surface area contributed by atoms with Crippen LogP contribution in [0.3, 0.4) is 0 Å². The molecule has 152 valence electrons. The van der Waals surface area contributed by atoms with Crippen molar-refractivity contribution in [3.8, 4) is 11.3 Å². The molecule has 0 saturated carbocycles. The van der Waals surface area contributed by atoms with Gasteiger partial charge in [-0.1, -0.05) is 0 Å². The van der Waals surface area contributed by atoms with Gasteiger partial charge in [0.15, 0.2) is 0 Å². The van der Waals surface area contributed by atoms with Crippen LogP contribution in [0.5, 0.6) is 0 Å². The Bertz CT molecular complexity index is 947. The molecule has 0 amide bonds. The minimum Gasteiger partial charge on any atom is -0.298 e. The van der Waals surface area contributed by atoms with Crippen molar-refractivity contribution < 1.29 is 17.2 Å². The number of rotatable bonds is 5. The number of likely N-dealkylation sites (tertiary alicyclic amines) is 1. The smallest absolute Gasteiger partial charge is 0.211 e. The van der Waals surface area contributed by atoms with Gasteiger partial charge >= 0.3 is 0 Å². The Hall–Kier alpha value is -1.84. The van der Waals surface area contributed by atoms with Gasteiger partial charge in [0.05, 0.1) is 24.8 Å². The summed E-state index contributed by atoms with van der Waals surface area (Å²) in [4.78, 5) is 2.17. The van der Waals surface area contributed by atoms with Gasteiger partial charge in [-0.25, -0.2) is 17.1 Å². The zero-order valence-corrected chi connectivity index (χ0v) is 16.6. The molecule has 2 aliphatic rings. The Kier molecular flexibility index (Phi) is 5.01. The van der Waals surface area contributed by atoms with Gasteiger partial charge in [0.1, 0.15) is 5.82 Å². The highest BCUT2D eigenvalue weighted by Gasteiger charge is 2.51. The maximum absolute atomic E-state index is 14.1. The van der Waals surface area contributed by atoms with Gasteiger partial charge in [0.2, 0.25) is 10.0 Å². The molecule has 9 heteroatoms. The molecule has 0 spiro atoms. The minimum atomic E-state index is -3.32. The van der Waals surface area contributed by atoms with E-state index in [4.69, 9.17) is 0 Å². The first-order chi connectivity index (χ1) is 13.3. The summed E-state index contributed by atoms with van der Waals surface area (Å²) in [5.41, 5.74) is 1.97. The van der Waals surface area contributed by atoms with Crippen molar-refractivity contribution in [2.45, 2.75) is 13.0 Å². The van der Waals surface area contributed by atoms with Gasteiger partial charge in [-0.05, 0) is 36.6 Å². The van der Waals surface area contributed by atoms with E-state index in [1.165, 1.54) is 22.7 Å². The summed E-state index contributed by atoms with van der Waals surface area (Å²) in [6, 6.07) is 6.21. The number of aromatic amines is 1. The number of nitrogens with one attached hydrogen (secondary N) is 1. The van der Waals surface area contributed by atoms with Crippen molar-refractivity contribution in [1.29, 1.82) is 0 Å². The minimum absolute atomic E-state index is 0.136. The normalized spacial score (nSPS) is 26.5. The van der Waals surface area contributed by atoms with Gasteiger partial charge in [-0.2, -0.15) is 5.10 Å². The van der Waals surface area contributed by atoms with E-state index in [2.05, 4.69) is 15.1 Å². The second kappa shape index (κ2) is 7.20. The maximum Gasteiger partial charge on any atom is 0.211 e. The number of hydrogen-bond acceptors (Lipinski definition) is 4. The van der Waals surface area contributed by atoms with Crippen molar-refractivity contribution in [2.24, 2.45) is 11.3 Å². The van der Waals surface area contributed by atoms with Crippen LogP contribution in [0.2, 0.25) is 0 Å². The number of piperidine rings is 1. The Labute approximate surface area is 163 Å². The van der Waals surface area contributed by atoms with E-state index in [-0.39, 0.29) is 18.3 Å². The molecule has 1 aromatic carbocycles. The second-order valence-corrected chi connectivity index (χ2v) is 10.0. The van der Waals surface area contributed by atoms with Crippen LogP contribution in [0, 0.1) is 17.2 Å². The molecule has 3 heterocycles. The molecule has 4 rings (SSSR count). The van der Waals surface area contributed by atoms with E-state index in [1.807, 2.05) is 0 Å². The summed E-state index contributed by atoms with van der Waals surface area (Å²) in [6.07, 6.45) is 3.60. The number of nitrogens with zero attached hydrogens (tertiary/aromatic N) is 3. The quantitative estimate of drug-likeness (QED) is 0.821. The number of sulfonamides is 1. The van der Waals surface area contributed by atoms with E-state index < -0.39 is 22.1 Å². The number of alkyl halides is 1. The summed E-state index contributed by atoms with van der Waals surface area (Å²) >= 11 is 0. The fourth-order valence-electron chi connectivity index (χ4n) is 4.59. The van der Waals surface area contributed by atoms with E-state index in [0.717, 1.165) is 23.4 Å². The molecule has 6 nitrogen and oxygen atoms in total. The first-order valence-electron chi connectivity index (χ1n) is 9.32. The van der Waals surface area contributed by atoms with Crippen LogP contribution in [-0.4, -0.2) is 66.9 Å². The number of hydrogen-bond donors (Lipinski definition) is 1. The molecule has 2 atom stereocenters. The zero-order chi connectivity index (χ0) is 19.9. The molecule has 0 radical (unpaired) electrons. The molecule has 0 aliphatic carbocycles. The largest absolute Gasteiger partial charge is 0.298 e. The lowest BCUT2D eigenvalue weighted by molar-refractivity contribution is 0.0791. The van der Waals surface area contributed by atoms with Crippen LogP contribution in [0.4, 0.5) is 8.78 Å². The van der Waals surface area contributed by atoms with Crippen molar-refractivity contribution in [1.82, 2.24) is 19.4 Å². The second-order valence-electron chi connectivity index (χ2n) is 8.02. The lowest BCUT2D eigenvalue weighted by Crippen LogP contribution is -2.51. The Balaban J connectivity index is 1.52. The molecule has 2 saturated heterocycles. The van der Waals surface area contributed by atoms with Crippen molar-refractivity contribution in [2.75, 3.05) is 39.1 Å². The highest BCUT2D eigenvalue weighted by atomic mass is 32.2. The average molecular weight is 410 g/mol. The lowest BCUT2D eigenvalue weighted by Gasteiger charge is -2.41. The molecule has 1 aromatic heterocycles. The molecule has 2 fully saturated rings. The predicted molar refractivity (Wildman–Crippen MR) is 102 cm³/mol. The zero-order valence-electron chi connectivity index (χ0n) is 15.7. The summed E-state index contributed by atoms with van der Waals surface area (Å²) in [5.74, 6) is -0.162. The van der Waals surface area contributed by atoms with Gasteiger partial charge in [-0.15, -0.1) is 0 Å². The van der Waals surface area contributed by atoms with Gasteiger partial charge < -0.3 is 0 Å². The number of fused-ring (bicyclic) bond motifs is 1. The number of H-pyrrole nitrogens is 1. The van der Waals surface area contributed by atoms with Crippen molar-refractivity contribution >= 4 is 10.0 Å². The van der Waals surface area contributed by atoms with Gasteiger partial charge in [0, 0.05) is 49.3 Å². The van der Waals surface area contributed by atoms with E-state index in [9.17, 15) is 17.2 Å². The highest BCUT2D eigenvalue weighted by molar-refractivity contribution is 7.88. The van der Waals surface area contributed by atoms with E-state index in [1.54, 1.807) is 18.3 Å². The van der Waals surface area contributed by atoms with Crippen LogP contribution in [0.1, 0.15) is 12.0 Å². The Morgan fingerprint density at radius 1 is 1.29 bits per heavy atom. The molecule has 0 unspecified atom stereocenters. The van der Waals surface area contributed by atoms with Crippen LogP contribution < -0.4 is 0 Å². The topological polar surface area (TPSA) is 69.3 Å². The molecular weight excluding hydrogens is 386 g/mol. The van der Waals surface area contributed by atoms with Crippen LogP contribution in [0.15, 0.2) is 30.5 Å². The summed E-state index contributed by atoms with van der Waals surface area (Å²) in [5, 5.41) is 7.10. The van der Waals surface area contributed by atoms with E-state index in [0.29, 0.717) is 26.1 Å². The van der Waals surface area contributed by atoms with Crippen molar-refractivity contribution in [3.05, 3.63) is 41.8 Å². The standard InChI is InChI=1S/C19H24F2N4O2S/c1-28(26,27)25-7-6-16-10-24(12-19(16,11-20)13-25)9-15-8-22-23-18(15)14-2-4-17(21)5-3-14/h2-5,8,16H,6-7,9-13H2,1H3,(H,22,23)/t16-,19-/m0/s1. The third-order valence-corrected chi connectivity index (χ3v) is 7.33. The monoisotopic (exact) mass is 410 g/mol. The molecule has 0 bridgehead atoms. The predicted octanol–water partition coefficient (Wildman–Crippen LogP) is 2.27. The maximum atomic E-state index is 14.1. The number of halogens is 2. The van der Waals surface area contributed by atoms with Gasteiger partial charge in [0.25, 0.3) is 0 Å². The summed E-state index contributed by atoms with van der Waals surface area (Å²) in [7, 11) is -3.32. The fraction of sp³-hybridized carbons (Fsp3) is 0.526.